The molecule has 2 nitrogen and oxygen atoms in total. The smallest absolute Gasteiger partial charge is 0.0963 e. The molecule has 1 atom stereocenters. The first-order chi connectivity index (χ1) is 7.24. The molecule has 0 bridgehead atoms. The Morgan fingerprint density at radius 2 is 2.27 bits per heavy atom. The van der Waals surface area contributed by atoms with Crippen LogP contribution in [-0.2, 0) is 0 Å². The maximum absolute atomic E-state index is 5.82. The van der Waals surface area contributed by atoms with Crippen LogP contribution < -0.4 is 5.73 Å². The minimum atomic E-state index is 0.1000. The van der Waals surface area contributed by atoms with Crippen molar-refractivity contribution in [3.05, 3.63) is 23.9 Å². The lowest BCUT2D eigenvalue weighted by atomic mass is 10.1. The number of hydrogen-bond donors (Lipinski definition) is 1. The molecule has 15 heavy (non-hydrogen) atoms. The van der Waals surface area contributed by atoms with E-state index in [1.807, 2.05) is 30.9 Å². The lowest BCUT2D eigenvalue weighted by Crippen LogP contribution is -2.05. The normalized spacial score (nSPS) is 12.7. The van der Waals surface area contributed by atoms with E-state index in [4.69, 9.17) is 5.73 Å². The Kier molecular flexibility index (Phi) is 5.73. The Balaban J connectivity index is 2.43. The summed E-state index contributed by atoms with van der Waals surface area (Å²) in [4.78, 5) is 4.33. The van der Waals surface area contributed by atoms with Gasteiger partial charge < -0.3 is 5.73 Å². The molecule has 1 heterocycles. The van der Waals surface area contributed by atoms with E-state index in [1.54, 1.807) is 0 Å². The van der Waals surface area contributed by atoms with Crippen LogP contribution in [0.25, 0.3) is 0 Å². The molecule has 0 amide bonds. The molecule has 1 rings (SSSR count). The van der Waals surface area contributed by atoms with Gasteiger partial charge >= 0.3 is 0 Å². The maximum Gasteiger partial charge on any atom is 0.0963 e. The van der Waals surface area contributed by atoms with Crippen LogP contribution in [0, 0.1) is 0 Å². The van der Waals surface area contributed by atoms with Crippen LogP contribution in [0.5, 0.6) is 0 Å². The van der Waals surface area contributed by atoms with Crippen LogP contribution in [-0.4, -0.2) is 10.7 Å². The quantitative estimate of drug-likeness (QED) is 0.594. The van der Waals surface area contributed by atoms with Gasteiger partial charge in [-0.05, 0) is 36.8 Å². The number of unbranched alkanes of at least 4 members (excludes halogenated alkanes) is 2. The third-order valence-corrected chi connectivity index (χ3v) is 3.29. The van der Waals surface area contributed by atoms with Crippen molar-refractivity contribution >= 4 is 11.8 Å². The molecule has 0 fully saturated rings. The zero-order valence-electron chi connectivity index (χ0n) is 9.57. The molecule has 0 radical (unpaired) electrons. The van der Waals surface area contributed by atoms with Gasteiger partial charge in [0.1, 0.15) is 0 Å². The number of nitrogens with two attached hydrogens (primary N) is 1. The first-order valence-electron chi connectivity index (χ1n) is 5.58. The minimum absolute atomic E-state index is 0.1000. The van der Waals surface area contributed by atoms with Gasteiger partial charge in [-0.3, -0.25) is 0 Å². The Labute approximate surface area is 96.7 Å². The number of thioether (sulfide) groups is 1. The van der Waals surface area contributed by atoms with Crippen molar-refractivity contribution in [3.8, 4) is 0 Å². The van der Waals surface area contributed by atoms with Crippen molar-refractivity contribution in [1.29, 1.82) is 0 Å². The summed E-state index contributed by atoms with van der Waals surface area (Å²) in [6.45, 7) is 4.22. The monoisotopic (exact) mass is 224 g/mol. The zero-order chi connectivity index (χ0) is 11.1. The number of pyridine rings is 1. The highest BCUT2D eigenvalue weighted by molar-refractivity contribution is 7.99. The van der Waals surface area contributed by atoms with Crippen LogP contribution in [0.3, 0.4) is 0 Å². The van der Waals surface area contributed by atoms with Gasteiger partial charge in [-0.25, -0.2) is 4.98 Å². The summed E-state index contributed by atoms with van der Waals surface area (Å²) in [5.41, 5.74) is 6.99. The average Bonchev–Trinajstić information content (AvgIpc) is 2.25. The molecule has 1 aromatic rings. The van der Waals surface area contributed by atoms with E-state index >= 15 is 0 Å². The van der Waals surface area contributed by atoms with Gasteiger partial charge in [0.25, 0.3) is 0 Å². The van der Waals surface area contributed by atoms with Crippen LogP contribution in [0.2, 0.25) is 0 Å². The summed E-state index contributed by atoms with van der Waals surface area (Å²) in [6, 6.07) is 4.19. The molecule has 0 spiro atoms. The predicted molar refractivity (Wildman–Crippen MR) is 67.1 cm³/mol. The summed E-state index contributed by atoms with van der Waals surface area (Å²) in [5, 5.41) is 1.10. The number of nitrogens with zero attached hydrogens (tertiary/aromatic N) is 1. The van der Waals surface area contributed by atoms with Crippen molar-refractivity contribution in [3.63, 3.8) is 0 Å². The van der Waals surface area contributed by atoms with Gasteiger partial charge in [-0.1, -0.05) is 19.8 Å². The minimum Gasteiger partial charge on any atom is -0.324 e. The molecular weight excluding hydrogens is 204 g/mol. The molecule has 1 aromatic heterocycles. The third-order valence-electron chi connectivity index (χ3n) is 2.28. The van der Waals surface area contributed by atoms with Crippen molar-refractivity contribution < 1.29 is 0 Å². The molecule has 0 unspecified atom stereocenters. The van der Waals surface area contributed by atoms with Gasteiger partial charge in [0, 0.05) is 12.2 Å². The third kappa shape index (κ3) is 4.67. The molecule has 0 aliphatic carbocycles. The van der Waals surface area contributed by atoms with Crippen LogP contribution in [0.15, 0.2) is 23.4 Å². The summed E-state index contributed by atoms with van der Waals surface area (Å²) >= 11 is 1.83. The molecule has 0 saturated heterocycles. The number of aromatic nitrogens is 1. The lowest BCUT2D eigenvalue weighted by molar-refractivity contribution is 0.777. The van der Waals surface area contributed by atoms with E-state index in [9.17, 15) is 0 Å². The van der Waals surface area contributed by atoms with E-state index in [1.165, 1.54) is 24.8 Å². The summed E-state index contributed by atoms with van der Waals surface area (Å²) in [7, 11) is 0. The van der Waals surface area contributed by atoms with Gasteiger partial charge in [0.05, 0.1) is 5.03 Å². The topological polar surface area (TPSA) is 38.9 Å². The number of rotatable bonds is 6. The summed E-state index contributed by atoms with van der Waals surface area (Å²) < 4.78 is 0. The van der Waals surface area contributed by atoms with Gasteiger partial charge in [0.2, 0.25) is 0 Å². The molecule has 0 saturated carbocycles. The molecule has 0 aromatic carbocycles. The highest BCUT2D eigenvalue weighted by Gasteiger charge is 2.01. The largest absolute Gasteiger partial charge is 0.324 e. The van der Waals surface area contributed by atoms with Gasteiger partial charge in [0.15, 0.2) is 0 Å². The zero-order valence-corrected chi connectivity index (χ0v) is 10.4. The van der Waals surface area contributed by atoms with Crippen LogP contribution >= 0.6 is 11.8 Å². The standard InChI is InChI=1S/C12H20N2S/c1-3-4-5-8-15-12-9-11(10(2)13)6-7-14-12/h6-7,9-10H,3-5,8,13H2,1-2H3/t10-/m1/s1. The molecule has 84 valence electrons. The predicted octanol–water partition coefficient (Wildman–Crippen LogP) is 3.38. The maximum atomic E-state index is 5.82. The average molecular weight is 224 g/mol. The van der Waals surface area contributed by atoms with E-state index in [0.717, 1.165) is 10.8 Å². The summed E-state index contributed by atoms with van der Waals surface area (Å²) in [5.74, 6) is 1.16. The van der Waals surface area contributed by atoms with E-state index in [-0.39, 0.29) is 6.04 Å². The Morgan fingerprint density at radius 1 is 1.47 bits per heavy atom. The van der Waals surface area contributed by atoms with Crippen molar-refractivity contribution in [2.75, 3.05) is 5.75 Å². The van der Waals surface area contributed by atoms with Crippen molar-refractivity contribution in [1.82, 2.24) is 4.98 Å². The SMILES string of the molecule is CCCCCSc1cc([C@@H](C)N)ccn1. The first kappa shape index (κ1) is 12.5. The van der Waals surface area contributed by atoms with Gasteiger partial charge in [-0.15, -0.1) is 11.8 Å². The summed E-state index contributed by atoms with van der Waals surface area (Å²) in [6.07, 6.45) is 5.69. The van der Waals surface area contributed by atoms with Crippen molar-refractivity contribution in [2.24, 2.45) is 5.73 Å². The lowest BCUT2D eigenvalue weighted by Gasteiger charge is -2.06. The second-order valence-corrected chi connectivity index (χ2v) is 4.89. The molecule has 2 N–H and O–H groups in total. The first-order valence-corrected chi connectivity index (χ1v) is 6.57. The molecular formula is C12H20N2S. The van der Waals surface area contributed by atoms with Gasteiger partial charge in [-0.2, -0.15) is 0 Å². The Bertz CT molecular complexity index is 287. The van der Waals surface area contributed by atoms with E-state index in [2.05, 4.69) is 18.0 Å². The molecule has 3 heteroatoms. The fourth-order valence-electron chi connectivity index (χ4n) is 1.32. The second-order valence-electron chi connectivity index (χ2n) is 3.77. The molecule has 0 aliphatic heterocycles. The van der Waals surface area contributed by atoms with E-state index < -0.39 is 0 Å². The number of hydrogen-bond acceptors (Lipinski definition) is 3. The fourth-order valence-corrected chi connectivity index (χ4v) is 2.23. The highest BCUT2D eigenvalue weighted by Crippen LogP contribution is 2.20. The van der Waals surface area contributed by atoms with Crippen molar-refractivity contribution in [2.45, 2.75) is 44.2 Å². The molecule has 0 aliphatic rings. The Morgan fingerprint density at radius 3 is 2.93 bits per heavy atom. The van der Waals surface area contributed by atoms with Crippen LogP contribution in [0.4, 0.5) is 0 Å². The Hall–Kier alpha value is -0.540. The fraction of sp³-hybridized carbons (Fsp3) is 0.583. The van der Waals surface area contributed by atoms with Crippen LogP contribution in [0.1, 0.15) is 44.7 Å². The van der Waals surface area contributed by atoms with E-state index in [0.29, 0.717) is 0 Å². The highest BCUT2D eigenvalue weighted by atomic mass is 32.2. The second kappa shape index (κ2) is 6.85.